The molecule has 144 valence electrons. The van der Waals surface area contributed by atoms with E-state index in [1.807, 2.05) is 6.07 Å². The maximum absolute atomic E-state index is 11.7. The number of nitrogens with zero attached hydrogens (tertiary/aromatic N) is 4. The van der Waals surface area contributed by atoms with Gasteiger partial charge in [-0.3, -0.25) is 9.69 Å². The smallest absolute Gasteiger partial charge is 0.310 e. The molecule has 1 aromatic carbocycles. The SMILES string of the molecule is CCOC(=O)Cc1cnc(N2CCN(Cc3ccccc3)CC2)nc1CCl. The van der Waals surface area contributed by atoms with Crippen LogP contribution < -0.4 is 4.90 Å². The summed E-state index contributed by atoms with van der Waals surface area (Å²) in [7, 11) is 0. The van der Waals surface area contributed by atoms with Crippen LogP contribution in [0.25, 0.3) is 0 Å². The standard InChI is InChI=1S/C20H25ClN4O2/c1-2-27-19(26)12-17-14-22-20(23-18(17)13-21)25-10-8-24(9-11-25)15-16-6-4-3-5-7-16/h3-7,14H,2,8-13,15H2,1H3. The van der Waals surface area contributed by atoms with Crippen LogP contribution >= 0.6 is 11.6 Å². The minimum absolute atomic E-state index is 0.154. The molecule has 1 saturated heterocycles. The minimum atomic E-state index is -0.283. The largest absolute Gasteiger partial charge is 0.466 e. The summed E-state index contributed by atoms with van der Waals surface area (Å²) in [5.74, 6) is 0.644. The second-order valence-corrected chi connectivity index (χ2v) is 6.77. The Morgan fingerprint density at radius 1 is 1.19 bits per heavy atom. The van der Waals surface area contributed by atoms with E-state index in [-0.39, 0.29) is 18.3 Å². The van der Waals surface area contributed by atoms with Crippen molar-refractivity contribution in [2.75, 3.05) is 37.7 Å². The van der Waals surface area contributed by atoms with Gasteiger partial charge in [0.25, 0.3) is 0 Å². The number of halogens is 1. The zero-order valence-electron chi connectivity index (χ0n) is 15.6. The Hall–Kier alpha value is -2.18. The van der Waals surface area contributed by atoms with Crippen LogP contribution in [-0.4, -0.2) is 53.6 Å². The Morgan fingerprint density at radius 3 is 2.59 bits per heavy atom. The van der Waals surface area contributed by atoms with Crippen molar-refractivity contribution < 1.29 is 9.53 Å². The summed E-state index contributed by atoms with van der Waals surface area (Å²) in [5.41, 5.74) is 2.76. The van der Waals surface area contributed by atoms with Gasteiger partial charge in [-0.05, 0) is 12.5 Å². The highest BCUT2D eigenvalue weighted by Crippen LogP contribution is 2.17. The highest BCUT2D eigenvalue weighted by molar-refractivity contribution is 6.17. The van der Waals surface area contributed by atoms with Crippen molar-refractivity contribution in [1.82, 2.24) is 14.9 Å². The van der Waals surface area contributed by atoms with Crippen molar-refractivity contribution in [3.8, 4) is 0 Å². The molecule has 2 aromatic rings. The van der Waals surface area contributed by atoms with Gasteiger partial charge in [0.15, 0.2) is 0 Å². The summed E-state index contributed by atoms with van der Waals surface area (Å²) in [4.78, 5) is 25.4. The molecule has 1 aliphatic rings. The number of carbonyl (C=O) groups excluding carboxylic acids is 1. The lowest BCUT2D eigenvalue weighted by Crippen LogP contribution is -2.46. The molecule has 1 aliphatic heterocycles. The van der Waals surface area contributed by atoms with Crippen LogP contribution in [0.5, 0.6) is 0 Å². The van der Waals surface area contributed by atoms with Crippen molar-refractivity contribution >= 4 is 23.5 Å². The van der Waals surface area contributed by atoms with Crippen LogP contribution in [-0.2, 0) is 28.4 Å². The van der Waals surface area contributed by atoms with Gasteiger partial charge in [0.05, 0.1) is 24.6 Å². The number of hydrogen-bond donors (Lipinski definition) is 0. The summed E-state index contributed by atoms with van der Waals surface area (Å²) < 4.78 is 5.00. The number of esters is 1. The molecular weight excluding hydrogens is 364 g/mol. The normalized spacial score (nSPS) is 15.0. The average Bonchev–Trinajstić information content (AvgIpc) is 2.70. The molecule has 0 bridgehead atoms. The van der Waals surface area contributed by atoms with Crippen molar-refractivity contribution in [3.05, 3.63) is 53.3 Å². The van der Waals surface area contributed by atoms with Gasteiger partial charge in [0, 0.05) is 44.5 Å². The van der Waals surface area contributed by atoms with Crippen LogP contribution in [0.1, 0.15) is 23.7 Å². The topological polar surface area (TPSA) is 58.6 Å². The van der Waals surface area contributed by atoms with Crippen LogP contribution in [0, 0.1) is 0 Å². The van der Waals surface area contributed by atoms with E-state index in [1.54, 1.807) is 13.1 Å². The number of piperazine rings is 1. The maximum Gasteiger partial charge on any atom is 0.310 e. The van der Waals surface area contributed by atoms with E-state index in [0.717, 1.165) is 38.3 Å². The Balaban J connectivity index is 1.59. The molecule has 7 heteroatoms. The molecule has 0 saturated carbocycles. The number of alkyl halides is 1. The van der Waals surface area contributed by atoms with Gasteiger partial charge >= 0.3 is 5.97 Å². The summed E-state index contributed by atoms with van der Waals surface area (Å²) >= 11 is 6.05. The third-order valence-electron chi connectivity index (χ3n) is 4.61. The van der Waals surface area contributed by atoms with Crippen LogP contribution in [0.4, 0.5) is 5.95 Å². The lowest BCUT2D eigenvalue weighted by atomic mass is 10.2. The molecule has 1 fully saturated rings. The molecule has 3 rings (SSSR count). The molecule has 0 atom stereocenters. The molecule has 1 aromatic heterocycles. The summed E-state index contributed by atoms with van der Waals surface area (Å²) in [5, 5.41) is 0. The second-order valence-electron chi connectivity index (χ2n) is 6.51. The first-order valence-corrected chi connectivity index (χ1v) is 9.80. The number of hydrogen-bond acceptors (Lipinski definition) is 6. The number of rotatable bonds is 7. The van der Waals surface area contributed by atoms with Gasteiger partial charge in [0.2, 0.25) is 5.95 Å². The first kappa shape index (κ1) is 19.6. The zero-order chi connectivity index (χ0) is 19.1. The van der Waals surface area contributed by atoms with Crippen LogP contribution in [0.2, 0.25) is 0 Å². The Bertz CT molecular complexity index is 749. The highest BCUT2D eigenvalue weighted by atomic mass is 35.5. The molecule has 6 nitrogen and oxygen atoms in total. The minimum Gasteiger partial charge on any atom is -0.466 e. The fraction of sp³-hybridized carbons (Fsp3) is 0.450. The molecule has 27 heavy (non-hydrogen) atoms. The number of ether oxygens (including phenoxy) is 1. The van der Waals surface area contributed by atoms with E-state index in [0.29, 0.717) is 18.2 Å². The van der Waals surface area contributed by atoms with Gasteiger partial charge < -0.3 is 9.64 Å². The van der Waals surface area contributed by atoms with Gasteiger partial charge in [0.1, 0.15) is 0 Å². The molecular formula is C20H25ClN4O2. The third-order valence-corrected chi connectivity index (χ3v) is 4.87. The summed E-state index contributed by atoms with van der Waals surface area (Å²) in [6.45, 7) is 6.76. The van der Waals surface area contributed by atoms with E-state index in [4.69, 9.17) is 16.3 Å². The predicted octanol–water partition coefficient (Wildman–Crippen LogP) is 2.64. The number of aromatic nitrogens is 2. The van der Waals surface area contributed by atoms with E-state index in [9.17, 15) is 4.79 Å². The number of carbonyl (C=O) groups is 1. The quantitative estimate of drug-likeness (QED) is 0.537. The van der Waals surface area contributed by atoms with Gasteiger partial charge in [-0.1, -0.05) is 30.3 Å². The molecule has 0 amide bonds. The molecule has 0 aliphatic carbocycles. The zero-order valence-corrected chi connectivity index (χ0v) is 16.4. The monoisotopic (exact) mass is 388 g/mol. The third kappa shape index (κ3) is 5.40. The van der Waals surface area contributed by atoms with Crippen molar-refractivity contribution in [2.24, 2.45) is 0 Å². The van der Waals surface area contributed by atoms with Crippen molar-refractivity contribution in [2.45, 2.75) is 25.8 Å². The summed E-state index contributed by atoms with van der Waals surface area (Å²) in [6.07, 6.45) is 1.86. The summed E-state index contributed by atoms with van der Waals surface area (Å²) in [6, 6.07) is 10.5. The number of benzene rings is 1. The molecule has 0 spiro atoms. The number of anilines is 1. The molecule has 0 radical (unpaired) electrons. The first-order chi connectivity index (χ1) is 13.2. The van der Waals surface area contributed by atoms with Gasteiger partial charge in [-0.15, -0.1) is 11.6 Å². The molecule has 0 unspecified atom stereocenters. The van der Waals surface area contributed by atoms with Crippen molar-refractivity contribution in [3.63, 3.8) is 0 Å². The highest BCUT2D eigenvalue weighted by Gasteiger charge is 2.20. The second kappa shape index (κ2) is 9.67. The average molecular weight is 389 g/mol. The Labute approximate surface area is 165 Å². The van der Waals surface area contributed by atoms with Gasteiger partial charge in [-0.2, -0.15) is 0 Å². The molecule has 0 N–H and O–H groups in total. The lowest BCUT2D eigenvalue weighted by molar-refractivity contribution is -0.142. The van der Waals surface area contributed by atoms with Crippen LogP contribution in [0.15, 0.2) is 36.5 Å². The van der Waals surface area contributed by atoms with Crippen LogP contribution in [0.3, 0.4) is 0 Å². The maximum atomic E-state index is 11.7. The molecule has 2 heterocycles. The predicted molar refractivity (Wildman–Crippen MR) is 106 cm³/mol. The van der Waals surface area contributed by atoms with E-state index >= 15 is 0 Å². The Morgan fingerprint density at radius 2 is 1.93 bits per heavy atom. The van der Waals surface area contributed by atoms with E-state index in [2.05, 4.69) is 44.0 Å². The first-order valence-electron chi connectivity index (χ1n) is 9.27. The van der Waals surface area contributed by atoms with Gasteiger partial charge in [-0.25, -0.2) is 9.97 Å². The fourth-order valence-corrected chi connectivity index (χ4v) is 3.39. The van der Waals surface area contributed by atoms with Crippen molar-refractivity contribution in [1.29, 1.82) is 0 Å². The van der Waals surface area contributed by atoms with E-state index < -0.39 is 0 Å². The van der Waals surface area contributed by atoms with E-state index in [1.165, 1.54) is 5.56 Å². The Kier molecular flexibility index (Phi) is 7.01. The lowest BCUT2D eigenvalue weighted by Gasteiger charge is -2.34. The fourth-order valence-electron chi connectivity index (χ4n) is 3.16.